The number of aliphatic imine (C=N–C) groups is 1. The summed E-state index contributed by atoms with van der Waals surface area (Å²) in [7, 11) is 5.06. The number of guanidine groups is 1. The first-order valence-corrected chi connectivity index (χ1v) is 9.68. The largest absolute Gasteiger partial charge is 0.493 e. The molecule has 0 heterocycles. The van der Waals surface area contributed by atoms with Crippen molar-refractivity contribution in [2.24, 2.45) is 4.99 Å². The molecule has 0 aromatic heterocycles. The topological polar surface area (TPSA) is 64.1 Å². The molecule has 0 aliphatic rings. The Kier molecular flexibility index (Phi) is 9.42. The first kappa shape index (κ1) is 22.1. The van der Waals surface area contributed by atoms with Gasteiger partial charge in [-0.2, -0.15) is 0 Å². The zero-order valence-corrected chi connectivity index (χ0v) is 17.5. The number of methoxy groups -OCH3 is 2. The summed E-state index contributed by atoms with van der Waals surface area (Å²) < 4.78 is 16.3. The van der Waals surface area contributed by atoms with Crippen molar-refractivity contribution < 1.29 is 14.2 Å². The maximum atomic E-state index is 5.70. The van der Waals surface area contributed by atoms with Gasteiger partial charge in [0.1, 0.15) is 12.4 Å². The van der Waals surface area contributed by atoms with Gasteiger partial charge in [-0.1, -0.05) is 36.9 Å². The molecule has 6 nitrogen and oxygen atoms in total. The van der Waals surface area contributed by atoms with E-state index in [2.05, 4.69) is 28.3 Å². The molecule has 0 unspecified atom stereocenters. The maximum Gasteiger partial charge on any atom is 0.191 e. The lowest BCUT2D eigenvalue weighted by atomic mass is 10.1. The number of rotatable bonds is 11. The third-order valence-electron chi connectivity index (χ3n) is 4.38. The fourth-order valence-electron chi connectivity index (χ4n) is 2.87. The van der Waals surface area contributed by atoms with E-state index in [0.717, 1.165) is 48.2 Å². The van der Waals surface area contributed by atoms with Gasteiger partial charge in [-0.3, -0.25) is 4.99 Å². The highest BCUT2D eigenvalue weighted by molar-refractivity contribution is 5.79. The van der Waals surface area contributed by atoms with Crippen LogP contribution in [0.15, 0.2) is 60.1 Å². The van der Waals surface area contributed by atoms with Gasteiger partial charge in [0.05, 0.1) is 14.2 Å². The molecular weight excluding hydrogens is 366 g/mol. The Morgan fingerprint density at radius 1 is 1.03 bits per heavy atom. The normalized spacial score (nSPS) is 10.9. The molecule has 156 valence electrons. The standard InChI is InChI=1S/C23H31N3O3/c1-5-15-29-20-11-7-6-10-19(20)17-26-23(24-2)25-14-8-9-18-12-13-21(27-3)22(16-18)28-4/h5-7,10-13,16H,1,8-9,14-15,17H2,2-4H3,(H2,24,25,26). The highest BCUT2D eigenvalue weighted by Crippen LogP contribution is 2.27. The quantitative estimate of drug-likeness (QED) is 0.263. The fraction of sp³-hybridized carbons (Fsp3) is 0.348. The summed E-state index contributed by atoms with van der Waals surface area (Å²) >= 11 is 0. The Balaban J connectivity index is 1.79. The SMILES string of the molecule is C=CCOc1ccccc1CNC(=NC)NCCCc1ccc(OC)c(OC)c1. The van der Waals surface area contributed by atoms with Gasteiger partial charge in [0.2, 0.25) is 0 Å². The van der Waals surface area contributed by atoms with Gasteiger partial charge in [0.25, 0.3) is 0 Å². The highest BCUT2D eigenvalue weighted by Gasteiger charge is 2.06. The molecule has 0 aliphatic heterocycles. The van der Waals surface area contributed by atoms with Crippen LogP contribution in [0.1, 0.15) is 17.5 Å². The lowest BCUT2D eigenvalue weighted by Crippen LogP contribution is -2.37. The number of aryl methyl sites for hydroxylation is 1. The Hall–Kier alpha value is -3.15. The fourth-order valence-corrected chi connectivity index (χ4v) is 2.87. The van der Waals surface area contributed by atoms with E-state index in [-0.39, 0.29) is 0 Å². The van der Waals surface area contributed by atoms with Crippen LogP contribution in [0, 0.1) is 0 Å². The molecule has 0 saturated heterocycles. The second-order valence-corrected chi connectivity index (χ2v) is 6.35. The first-order chi connectivity index (χ1) is 14.2. The minimum Gasteiger partial charge on any atom is -0.493 e. The third kappa shape index (κ3) is 7.07. The van der Waals surface area contributed by atoms with Crippen LogP contribution in [0.25, 0.3) is 0 Å². The second-order valence-electron chi connectivity index (χ2n) is 6.35. The summed E-state index contributed by atoms with van der Waals surface area (Å²) in [5.74, 6) is 3.11. The van der Waals surface area contributed by atoms with E-state index in [1.54, 1.807) is 27.3 Å². The molecule has 6 heteroatoms. The van der Waals surface area contributed by atoms with Crippen LogP contribution in [0.2, 0.25) is 0 Å². The van der Waals surface area contributed by atoms with Crippen molar-refractivity contribution in [3.8, 4) is 17.2 Å². The zero-order chi connectivity index (χ0) is 20.9. The molecule has 0 bridgehead atoms. The van der Waals surface area contributed by atoms with E-state index in [1.807, 2.05) is 36.4 Å². The first-order valence-electron chi connectivity index (χ1n) is 9.68. The van der Waals surface area contributed by atoms with Crippen LogP contribution >= 0.6 is 0 Å². The molecular formula is C23H31N3O3. The Morgan fingerprint density at radius 2 is 1.83 bits per heavy atom. The van der Waals surface area contributed by atoms with Gasteiger partial charge in [0.15, 0.2) is 17.5 Å². The molecule has 2 aromatic carbocycles. The van der Waals surface area contributed by atoms with Gasteiger partial charge >= 0.3 is 0 Å². The summed E-state index contributed by atoms with van der Waals surface area (Å²) in [6, 6.07) is 14.0. The second kappa shape index (κ2) is 12.3. The summed E-state index contributed by atoms with van der Waals surface area (Å²) in [6.45, 7) is 5.61. The van der Waals surface area contributed by atoms with Crippen molar-refractivity contribution in [3.63, 3.8) is 0 Å². The zero-order valence-electron chi connectivity index (χ0n) is 17.5. The molecule has 2 aromatic rings. The molecule has 0 spiro atoms. The summed E-state index contributed by atoms with van der Waals surface area (Å²) in [6.07, 6.45) is 3.64. The smallest absolute Gasteiger partial charge is 0.191 e. The van der Waals surface area contributed by atoms with E-state index in [1.165, 1.54) is 5.56 Å². The van der Waals surface area contributed by atoms with Crippen LogP contribution < -0.4 is 24.8 Å². The van der Waals surface area contributed by atoms with Crippen LogP contribution in [-0.4, -0.2) is 40.4 Å². The molecule has 0 radical (unpaired) electrons. The molecule has 0 aliphatic carbocycles. The third-order valence-corrected chi connectivity index (χ3v) is 4.38. The van der Waals surface area contributed by atoms with Crippen LogP contribution in [0.5, 0.6) is 17.2 Å². The molecule has 29 heavy (non-hydrogen) atoms. The van der Waals surface area contributed by atoms with Crippen molar-refractivity contribution in [1.82, 2.24) is 10.6 Å². The van der Waals surface area contributed by atoms with Crippen molar-refractivity contribution in [2.75, 3.05) is 34.4 Å². The van der Waals surface area contributed by atoms with Crippen molar-refractivity contribution in [1.29, 1.82) is 0 Å². The van der Waals surface area contributed by atoms with E-state index >= 15 is 0 Å². The van der Waals surface area contributed by atoms with Crippen molar-refractivity contribution in [2.45, 2.75) is 19.4 Å². The Morgan fingerprint density at radius 3 is 2.55 bits per heavy atom. The van der Waals surface area contributed by atoms with Crippen molar-refractivity contribution >= 4 is 5.96 Å². The number of para-hydroxylation sites is 1. The van der Waals surface area contributed by atoms with Gasteiger partial charge in [-0.05, 0) is 36.6 Å². The van der Waals surface area contributed by atoms with Crippen LogP contribution in [-0.2, 0) is 13.0 Å². The van der Waals surface area contributed by atoms with E-state index < -0.39 is 0 Å². The lowest BCUT2D eigenvalue weighted by molar-refractivity contribution is 0.354. The van der Waals surface area contributed by atoms with Gasteiger partial charge in [0, 0.05) is 25.7 Å². The van der Waals surface area contributed by atoms with Crippen molar-refractivity contribution in [3.05, 3.63) is 66.2 Å². The molecule has 0 saturated carbocycles. The van der Waals surface area contributed by atoms with E-state index in [0.29, 0.717) is 13.2 Å². The predicted octanol–water partition coefficient (Wildman–Crippen LogP) is 3.57. The Bertz CT molecular complexity index is 806. The minimum absolute atomic E-state index is 0.486. The number of ether oxygens (including phenoxy) is 3. The average Bonchev–Trinajstić information content (AvgIpc) is 2.77. The van der Waals surface area contributed by atoms with Crippen LogP contribution in [0.4, 0.5) is 0 Å². The van der Waals surface area contributed by atoms with E-state index in [9.17, 15) is 0 Å². The molecule has 0 atom stereocenters. The van der Waals surface area contributed by atoms with Gasteiger partial charge in [-0.15, -0.1) is 0 Å². The minimum atomic E-state index is 0.486. The number of hydrogen-bond donors (Lipinski definition) is 2. The maximum absolute atomic E-state index is 5.70. The number of hydrogen-bond acceptors (Lipinski definition) is 4. The number of benzene rings is 2. The van der Waals surface area contributed by atoms with E-state index in [4.69, 9.17) is 14.2 Å². The molecule has 0 fully saturated rings. The number of nitrogens with zero attached hydrogens (tertiary/aromatic N) is 1. The average molecular weight is 398 g/mol. The molecule has 0 amide bonds. The lowest BCUT2D eigenvalue weighted by Gasteiger charge is -2.14. The highest BCUT2D eigenvalue weighted by atomic mass is 16.5. The summed E-state index contributed by atoms with van der Waals surface area (Å²) in [4.78, 5) is 4.29. The van der Waals surface area contributed by atoms with Crippen LogP contribution in [0.3, 0.4) is 0 Å². The molecule has 2 N–H and O–H groups in total. The monoisotopic (exact) mass is 397 g/mol. The van der Waals surface area contributed by atoms with Gasteiger partial charge in [-0.25, -0.2) is 0 Å². The Labute approximate surface area is 173 Å². The summed E-state index contributed by atoms with van der Waals surface area (Å²) in [5, 5.41) is 6.68. The molecule has 2 rings (SSSR count). The van der Waals surface area contributed by atoms with Gasteiger partial charge < -0.3 is 24.8 Å². The summed E-state index contributed by atoms with van der Waals surface area (Å²) in [5.41, 5.74) is 2.28. The number of nitrogens with one attached hydrogen (secondary N) is 2. The predicted molar refractivity (Wildman–Crippen MR) is 118 cm³/mol.